The molecular formula is C11H10N2S. The maximum atomic E-state index is 5.39. The standard InChI is InChI=1S/C11H10N2S/c12-11(14)6-5-8-7-13-10-4-2-1-3-9(8)10/h1-7,13H,(H2,12,14). The number of H-pyrrole nitrogens is 1. The van der Waals surface area contributed by atoms with Crippen molar-refractivity contribution in [3.05, 3.63) is 42.1 Å². The first kappa shape index (κ1) is 8.97. The van der Waals surface area contributed by atoms with E-state index < -0.39 is 0 Å². The summed E-state index contributed by atoms with van der Waals surface area (Å²) >= 11 is 4.77. The molecule has 2 rings (SSSR count). The van der Waals surface area contributed by atoms with Gasteiger partial charge in [-0.15, -0.1) is 0 Å². The van der Waals surface area contributed by atoms with Gasteiger partial charge < -0.3 is 10.7 Å². The average Bonchev–Trinajstić information content (AvgIpc) is 2.58. The topological polar surface area (TPSA) is 41.8 Å². The Morgan fingerprint density at radius 3 is 2.93 bits per heavy atom. The third-order valence-corrected chi connectivity index (χ3v) is 2.18. The van der Waals surface area contributed by atoms with E-state index in [2.05, 4.69) is 11.1 Å². The molecule has 0 atom stereocenters. The van der Waals surface area contributed by atoms with E-state index in [1.165, 1.54) is 5.39 Å². The van der Waals surface area contributed by atoms with E-state index in [-0.39, 0.29) is 0 Å². The number of fused-ring (bicyclic) bond motifs is 1. The molecule has 0 amide bonds. The third kappa shape index (κ3) is 1.67. The molecule has 2 nitrogen and oxygen atoms in total. The highest BCUT2D eigenvalue weighted by Crippen LogP contribution is 2.18. The summed E-state index contributed by atoms with van der Waals surface area (Å²) in [5.41, 5.74) is 7.61. The van der Waals surface area contributed by atoms with Crippen molar-refractivity contribution in [2.75, 3.05) is 0 Å². The molecule has 0 unspecified atom stereocenters. The van der Waals surface area contributed by atoms with Crippen LogP contribution >= 0.6 is 12.2 Å². The van der Waals surface area contributed by atoms with E-state index in [4.69, 9.17) is 18.0 Å². The molecule has 0 aliphatic carbocycles. The predicted octanol–water partition coefficient (Wildman–Crippen LogP) is 2.47. The molecule has 0 aliphatic heterocycles. The van der Waals surface area contributed by atoms with Crippen LogP contribution in [0, 0.1) is 0 Å². The van der Waals surface area contributed by atoms with Crippen molar-refractivity contribution in [1.82, 2.24) is 4.98 Å². The van der Waals surface area contributed by atoms with Gasteiger partial charge in [0.05, 0.1) is 4.99 Å². The van der Waals surface area contributed by atoms with Crippen LogP contribution in [0.3, 0.4) is 0 Å². The van der Waals surface area contributed by atoms with Crippen LogP contribution in [0.4, 0.5) is 0 Å². The Morgan fingerprint density at radius 1 is 1.36 bits per heavy atom. The SMILES string of the molecule is NC(=S)C=Cc1c[nH]c2ccccc12. The summed E-state index contributed by atoms with van der Waals surface area (Å²) in [6.45, 7) is 0. The lowest BCUT2D eigenvalue weighted by Crippen LogP contribution is -2.01. The molecule has 14 heavy (non-hydrogen) atoms. The summed E-state index contributed by atoms with van der Waals surface area (Å²) in [6.07, 6.45) is 5.59. The van der Waals surface area contributed by atoms with E-state index >= 15 is 0 Å². The first-order chi connectivity index (χ1) is 6.77. The lowest BCUT2D eigenvalue weighted by atomic mass is 10.1. The van der Waals surface area contributed by atoms with Gasteiger partial charge in [0.15, 0.2) is 0 Å². The predicted molar refractivity (Wildman–Crippen MR) is 64.1 cm³/mol. The van der Waals surface area contributed by atoms with Crippen LogP contribution in [0.1, 0.15) is 5.56 Å². The molecule has 0 aliphatic rings. The smallest absolute Gasteiger partial charge is 0.0962 e. The molecular weight excluding hydrogens is 192 g/mol. The molecule has 0 saturated heterocycles. The zero-order valence-corrected chi connectivity index (χ0v) is 8.34. The number of hydrogen-bond acceptors (Lipinski definition) is 1. The van der Waals surface area contributed by atoms with Crippen LogP contribution in [-0.4, -0.2) is 9.97 Å². The lowest BCUT2D eigenvalue weighted by molar-refractivity contribution is 1.47. The quantitative estimate of drug-likeness (QED) is 0.580. The van der Waals surface area contributed by atoms with Crippen molar-refractivity contribution in [3.63, 3.8) is 0 Å². The number of aromatic amines is 1. The molecule has 0 fully saturated rings. The van der Waals surface area contributed by atoms with Crippen LogP contribution < -0.4 is 5.73 Å². The molecule has 0 spiro atoms. The second-order valence-electron chi connectivity index (χ2n) is 3.03. The number of benzene rings is 1. The number of thiocarbonyl (C=S) groups is 1. The highest BCUT2D eigenvalue weighted by molar-refractivity contribution is 7.80. The number of rotatable bonds is 2. The maximum Gasteiger partial charge on any atom is 0.0962 e. The number of nitrogens with one attached hydrogen (secondary N) is 1. The number of nitrogens with two attached hydrogens (primary N) is 1. The van der Waals surface area contributed by atoms with Crippen molar-refractivity contribution in [2.24, 2.45) is 5.73 Å². The number of hydrogen-bond donors (Lipinski definition) is 2. The van der Waals surface area contributed by atoms with E-state index in [0.29, 0.717) is 4.99 Å². The molecule has 70 valence electrons. The Hall–Kier alpha value is -1.61. The zero-order valence-electron chi connectivity index (χ0n) is 7.53. The maximum absolute atomic E-state index is 5.39. The zero-order chi connectivity index (χ0) is 9.97. The molecule has 3 N–H and O–H groups in total. The minimum Gasteiger partial charge on any atom is -0.390 e. The van der Waals surface area contributed by atoms with Gasteiger partial charge in [-0.1, -0.05) is 30.4 Å². The van der Waals surface area contributed by atoms with Gasteiger partial charge in [0.2, 0.25) is 0 Å². The van der Waals surface area contributed by atoms with E-state index in [0.717, 1.165) is 11.1 Å². The first-order valence-electron chi connectivity index (χ1n) is 4.31. The van der Waals surface area contributed by atoms with Crippen molar-refractivity contribution < 1.29 is 0 Å². The average molecular weight is 202 g/mol. The molecule has 1 heterocycles. The van der Waals surface area contributed by atoms with Crippen molar-refractivity contribution >= 4 is 34.2 Å². The molecule has 2 aromatic rings. The Labute approximate surface area is 87.4 Å². The van der Waals surface area contributed by atoms with Crippen molar-refractivity contribution in [3.8, 4) is 0 Å². The lowest BCUT2D eigenvalue weighted by Gasteiger charge is -1.90. The minimum absolute atomic E-state index is 0.398. The van der Waals surface area contributed by atoms with Crippen molar-refractivity contribution in [1.29, 1.82) is 0 Å². The highest BCUT2D eigenvalue weighted by Gasteiger charge is 1.97. The fourth-order valence-electron chi connectivity index (χ4n) is 1.40. The Kier molecular flexibility index (Phi) is 2.33. The largest absolute Gasteiger partial charge is 0.390 e. The second kappa shape index (κ2) is 3.64. The number of para-hydroxylation sites is 1. The van der Waals surface area contributed by atoms with Crippen LogP contribution in [0.15, 0.2) is 36.5 Å². The van der Waals surface area contributed by atoms with Gasteiger partial charge >= 0.3 is 0 Å². The number of aromatic nitrogens is 1. The summed E-state index contributed by atoms with van der Waals surface area (Å²) in [5.74, 6) is 0. The van der Waals surface area contributed by atoms with Crippen LogP contribution in [0.2, 0.25) is 0 Å². The Balaban J connectivity index is 2.48. The molecule has 1 aromatic carbocycles. The molecule has 0 saturated carbocycles. The molecule has 0 radical (unpaired) electrons. The summed E-state index contributed by atoms with van der Waals surface area (Å²) in [4.78, 5) is 3.57. The Morgan fingerprint density at radius 2 is 2.14 bits per heavy atom. The fraction of sp³-hybridized carbons (Fsp3) is 0. The van der Waals surface area contributed by atoms with E-state index in [1.54, 1.807) is 6.08 Å². The second-order valence-corrected chi connectivity index (χ2v) is 3.50. The van der Waals surface area contributed by atoms with Gasteiger partial charge in [0, 0.05) is 17.1 Å². The van der Waals surface area contributed by atoms with Gasteiger partial charge in [-0.25, -0.2) is 0 Å². The van der Waals surface area contributed by atoms with Gasteiger partial charge in [-0.2, -0.15) is 0 Å². The molecule has 1 aromatic heterocycles. The van der Waals surface area contributed by atoms with Gasteiger partial charge in [0.25, 0.3) is 0 Å². The van der Waals surface area contributed by atoms with Crippen LogP contribution in [0.25, 0.3) is 17.0 Å². The summed E-state index contributed by atoms with van der Waals surface area (Å²) in [6, 6.07) is 8.10. The molecule has 3 heteroatoms. The Bertz CT molecular complexity index is 497. The van der Waals surface area contributed by atoms with Gasteiger partial charge in [-0.3, -0.25) is 0 Å². The first-order valence-corrected chi connectivity index (χ1v) is 4.72. The summed E-state index contributed by atoms with van der Waals surface area (Å²) in [5, 5.41) is 1.18. The van der Waals surface area contributed by atoms with E-state index in [9.17, 15) is 0 Å². The normalized spacial score (nSPS) is 11.1. The van der Waals surface area contributed by atoms with Crippen molar-refractivity contribution in [2.45, 2.75) is 0 Å². The highest BCUT2D eigenvalue weighted by atomic mass is 32.1. The van der Waals surface area contributed by atoms with Gasteiger partial charge in [0.1, 0.15) is 0 Å². The minimum atomic E-state index is 0.398. The van der Waals surface area contributed by atoms with Crippen LogP contribution in [-0.2, 0) is 0 Å². The van der Waals surface area contributed by atoms with Crippen LogP contribution in [0.5, 0.6) is 0 Å². The van der Waals surface area contributed by atoms with E-state index in [1.807, 2.05) is 30.5 Å². The summed E-state index contributed by atoms with van der Waals surface area (Å²) < 4.78 is 0. The third-order valence-electron chi connectivity index (χ3n) is 2.05. The monoisotopic (exact) mass is 202 g/mol. The van der Waals surface area contributed by atoms with Gasteiger partial charge in [-0.05, 0) is 23.8 Å². The molecule has 0 bridgehead atoms. The summed E-state index contributed by atoms with van der Waals surface area (Å²) in [7, 11) is 0. The fourth-order valence-corrected chi connectivity index (χ4v) is 1.47.